The molecule has 0 amide bonds. The monoisotopic (exact) mass is 252 g/mol. The molecule has 2 aliphatic carbocycles. The highest BCUT2D eigenvalue weighted by Crippen LogP contribution is 2.36. The lowest BCUT2D eigenvalue weighted by Gasteiger charge is -2.45. The smallest absolute Gasteiger partial charge is 0.0309 e. The second-order valence-electron chi connectivity index (χ2n) is 7.01. The van der Waals surface area contributed by atoms with Crippen LogP contribution in [0.25, 0.3) is 0 Å². The first-order valence-corrected chi connectivity index (χ1v) is 8.13. The zero-order chi connectivity index (χ0) is 13.0. The fourth-order valence-electron chi connectivity index (χ4n) is 3.94. The van der Waals surface area contributed by atoms with E-state index in [9.17, 15) is 0 Å². The Kier molecular flexibility index (Phi) is 5.08. The average Bonchev–Trinajstić information content (AvgIpc) is 2.63. The Bertz CT molecular complexity index is 245. The van der Waals surface area contributed by atoms with Crippen LogP contribution in [-0.2, 0) is 0 Å². The SMILES string of the molecule is CC1CCC(CN)(NC2CCCCCC2)CC1C. The standard InChI is InChI=1S/C16H32N2/c1-13-9-10-16(12-17,11-14(13)2)18-15-7-5-3-4-6-8-15/h13-15,18H,3-12,17H2,1-2H3. The number of hydrogen-bond donors (Lipinski definition) is 2. The van der Waals surface area contributed by atoms with Gasteiger partial charge in [-0.05, 0) is 43.9 Å². The Morgan fingerprint density at radius 1 is 1.00 bits per heavy atom. The molecule has 0 heterocycles. The first-order chi connectivity index (χ1) is 8.65. The summed E-state index contributed by atoms with van der Waals surface area (Å²) in [6, 6.07) is 0.733. The molecule has 106 valence electrons. The van der Waals surface area contributed by atoms with Crippen molar-refractivity contribution >= 4 is 0 Å². The highest BCUT2D eigenvalue weighted by molar-refractivity contribution is 4.97. The molecule has 2 fully saturated rings. The van der Waals surface area contributed by atoms with Crippen LogP contribution in [0, 0.1) is 11.8 Å². The van der Waals surface area contributed by atoms with Gasteiger partial charge in [0, 0.05) is 18.1 Å². The topological polar surface area (TPSA) is 38.0 Å². The van der Waals surface area contributed by atoms with Crippen LogP contribution in [0.5, 0.6) is 0 Å². The van der Waals surface area contributed by atoms with E-state index in [2.05, 4.69) is 19.2 Å². The molecule has 0 aliphatic heterocycles. The number of hydrogen-bond acceptors (Lipinski definition) is 2. The second kappa shape index (κ2) is 6.38. The van der Waals surface area contributed by atoms with Crippen LogP contribution in [0.1, 0.15) is 71.6 Å². The summed E-state index contributed by atoms with van der Waals surface area (Å²) >= 11 is 0. The van der Waals surface area contributed by atoms with Crippen molar-refractivity contribution in [3.05, 3.63) is 0 Å². The van der Waals surface area contributed by atoms with Crippen molar-refractivity contribution in [3.8, 4) is 0 Å². The van der Waals surface area contributed by atoms with E-state index in [-0.39, 0.29) is 5.54 Å². The number of rotatable bonds is 3. The predicted molar refractivity (Wildman–Crippen MR) is 78.6 cm³/mol. The Morgan fingerprint density at radius 2 is 1.67 bits per heavy atom. The highest BCUT2D eigenvalue weighted by Gasteiger charge is 2.37. The summed E-state index contributed by atoms with van der Waals surface area (Å²) in [7, 11) is 0. The minimum absolute atomic E-state index is 0.251. The summed E-state index contributed by atoms with van der Waals surface area (Å²) < 4.78 is 0. The third-order valence-corrected chi connectivity index (χ3v) is 5.52. The van der Waals surface area contributed by atoms with Gasteiger partial charge in [0.2, 0.25) is 0 Å². The molecule has 0 bridgehead atoms. The molecule has 0 aromatic rings. The molecule has 0 aromatic heterocycles. The van der Waals surface area contributed by atoms with E-state index < -0.39 is 0 Å². The molecule has 0 spiro atoms. The molecule has 2 rings (SSSR count). The summed E-state index contributed by atoms with van der Waals surface area (Å²) in [5, 5.41) is 3.99. The Balaban J connectivity index is 1.94. The Labute approximate surface area is 113 Å². The van der Waals surface area contributed by atoms with Crippen LogP contribution in [0.15, 0.2) is 0 Å². The number of nitrogens with two attached hydrogens (primary N) is 1. The molecular weight excluding hydrogens is 220 g/mol. The molecule has 2 aliphatic rings. The van der Waals surface area contributed by atoms with Crippen LogP contribution in [0.3, 0.4) is 0 Å². The molecule has 2 nitrogen and oxygen atoms in total. The van der Waals surface area contributed by atoms with E-state index in [1.54, 1.807) is 0 Å². The average molecular weight is 252 g/mol. The van der Waals surface area contributed by atoms with Gasteiger partial charge in [-0.2, -0.15) is 0 Å². The zero-order valence-electron chi connectivity index (χ0n) is 12.4. The second-order valence-corrected chi connectivity index (χ2v) is 7.01. The predicted octanol–water partition coefficient (Wildman–Crippen LogP) is 3.45. The fraction of sp³-hybridized carbons (Fsp3) is 1.00. The van der Waals surface area contributed by atoms with Crippen molar-refractivity contribution in [2.24, 2.45) is 17.6 Å². The summed E-state index contributed by atoms with van der Waals surface area (Å²) in [5.41, 5.74) is 6.39. The molecule has 3 N–H and O–H groups in total. The van der Waals surface area contributed by atoms with Gasteiger partial charge in [-0.3, -0.25) is 0 Å². The summed E-state index contributed by atoms with van der Waals surface area (Å²) in [6.45, 7) is 5.63. The Morgan fingerprint density at radius 3 is 2.22 bits per heavy atom. The first kappa shape index (κ1) is 14.3. The number of nitrogens with one attached hydrogen (secondary N) is 1. The molecule has 2 heteroatoms. The van der Waals surface area contributed by atoms with Crippen molar-refractivity contribution in [1.29, 1.82) is 0 Å². The highest BCUT2D eigenvalue weighted by atomic mass is 15.0. The molecule has 0 radical (unpaired) electrons. The van der Waals surface area contributed by atoms with Crippen molar-refractivity contribution in [1.82, 2.24) is 5.32 Å². The van der Waals surface area contributed by atoms with Crippen molar-refractivity contribution in [2.75, 3.05) is 6.54 Å². The van der Waals surface area contributed by atoms with Gasteiger partial charge in [-0.25, -0.2) is 0 Å². The van der Waals surface area contributed by atoms with Crippen LogP contribution >= 0.6 is 0 Å². The maximum Gasteiger partial charge on any atom is 0.0309 e. The normalized spacial score (nSPS) is 39.5. The molecule has 3 atom stereocenters. The van der Waals surface area contributed by atoms with Gasteiger partial charge in [0.15, 0.2) is 0 Å². The van der Waals surface area contributed by atoms with E-state index >= 15 is 0 Å². The fourth-order valence-corrected chi connectivity index (χ4v) is 3.94. The summed E-state index contributed by atoms with van der Waals surface area (Å²) in [4.78, 5) is 0. The zero-order valence-corrected chi connectivity index (χ0v) is 12.4. The molecular formula is C16H32N2. The maximum atomic E-state index is 6.14. The lowest BCUT2D eigenvalue weighted by molar-refractivity contribution is 0.130. The third-order valence-electron chi connectivity index (χ3n) is 5.52. The third kappa shape index (κ3) is 3.48. The molecule has 2 saturated carbocycles. The van der Waals surface area contributed by atoms with Gasteiger partial charge in [0.25, 0.3) is 0 Å². The van der Waals surface area contributed by atoms with Crippen molar-refractivity contribution in [3.63, 3.8) is 0 Å². The van der Waals surface area contributed by atoms with Gasteiger partial charge in [0.05, 0.1) is 0 Å². The first-order valence-electron chi connectivity index (χ1n) is 8.13. The molecule has 0 aromatic carbocycles. The quantitative estimate of drug-likeness (QED) is 0.755. The Hall–Kier alpha value is -0.0800. The molecule has 0 saturated heterocycles. The summed E-state index contributed by atoms with van der Waals surface area (Å²) in [6.07, 6.45) is 12.3. The van der Waals surface area contributed by atoms with E-state index in [1.807, 2.05) is 0 Å². The van der Waals surface area contributed by atoms with Crippen LogP contribution in [0.2, 0.25) is 0 Å². The van der Waals surface area contributed by atoms with E-state index in [0.717, 1.165) is 24.4 Å². The largest absolute Gasteiger partial charge is 0.329 e. The van der Waals surface area contributed by atoms with Gasteiger partial charge in [-0.15, -0.1) is 0 Å². The maximum absolute atomic E-state index is 6.14. The minimum Gasteiger partial charge on any atom is -0.329 e. The van der Waals surface area contributed by atoms with Gasteiger partial charge >= 0.3 is 0 Å². The minimum atomic E-state index is 0.251. The van der Waals surface area contributed by atoms with E-state index in [1.165, 1.54) is 57.8 Å². The van der Waals surface area contributed by atoms with Crippen LogP contribution in [-0.4, -0.2) is 18.1 Å². The molecule has 18 heavy (non-hydrogen) atoms. The van der Waals surface area contributed by atoms with Gasteiger partial charge in [-0.1, -0.05) is 39.5 Å². The van der Waals surface area contributed by atoms with Crippen LogP contribution in [0.4, 0.5) is 0 Å². The van der Waals surface area contributed by atoms with Crippen molar-refractivity contribution < 1.29 is 0 Å². The van der Waals surface area contributed by atoms with E-state index in [4.69, 9.17) is 5.73 Å². The molecule has 3 unspecified atom stereocenters. The van der Waals surface area contributed by atoms with Gasteiger partial charge in [0.1, 0.15) is 0 Å². The van der Waals surface area contributed by atoms with Gasteiger partial charge < -0.3 is 11.1 Å². The lowest BCUT2D eigenvalue weighted by atomic mass is 9.71. The van der Waals surface area contributed by atoms with E-state index in [0.29, 0.717) is 0 Å². The summed E-state index contributed by atoms with van der Waals surface area (Å²) in [5.74, 6) is 1.70. The lowest BCUT2D eigenvalue weighted by Crippen LogP contribution is -2.58. The van der Waals surface area contributed by atoms with Crippen LogP contribution < -0.4 is 11.1 Å². The van der Waals surface area contributed by atoms with Crippen molar-refractivity contribution in [2.45, 2.75) is 83.2 Å².